The smallest absolute Gasteiger partial charge is 0.303 e. The highest BCUT2D eigenvalue weighted by Crippen LogP contribution is 2.19. The summed E-state index contributed by atoms with van der Waals surface area (Å²) in [7, 11) is 0. The Labute approximate surface area is 122 Å². The van der Waals surface area contributed by atoms with E-state index in [-0.39, 0.29) is 6.42 Å². The molecule has 0 aromatic heterocycles. The van der Waals surface area contributed by atoms with Gasteiger partial charge in [0.25, 0.3) is 0 Å². The SMILES string of the molecule is O=C(O)CCc1ccc(OCc2ccccc2Cl)cc1. The largest absolute Gasteiger partial charge is 0.489 e. The Bertz CT molecular complexity index is 579. The molecular weight excluding hydrogens is 276 g/mol. The molecule has 0 bridgehead atoms. The van der Waals surface area contributed by atoms with Gasteiger partial charge in [0.15, 0.2) is 0 Å². The minimum atomic E-state index is -0.788. The van der Waals surface area contributed by atoms with Crippen molar-refractivity contribution in [3.63, 3.8) is 0 Å². The molecule has 0 fully saturated rings. The molecular formula is C16H15ClO3. The van der Waals surface area contributed by atoms with Gasteiger partial charge < -0.3 is 9.84 Å². The summed E-state index contributed by atoms with van der Waals surface area (Å²) in [5.41, 5.74) is 1.92. The first-order valence-corrected chi connectivity index (χ1v) is 6.70. The second-order valence-electron chi connectivity index (χ2n) is 4.42. The van der Waals surface area contributed by atoms with Crippen LogP contribution >= 0.6 is 11.6 Å². The fourth-order valence-corrected chi connectivity index (χ4v) is 1.97. The van der Waals surface area contributed by atoms with E-state index in [0.717, 1.165) is 16.9 Å². The van der Waals surface area contributed by atoms with Crippen molar-refractivity contribution in [2.45, 2.75) is 19.4 Å². The number of aliphatic carboxylic acids is 1. The van der Waals surface area contributed by atoms with E-state index in [1.165, 1.54) is 0 Å². The van der Waals surface area contributed by atoms with Crippen molar-refractivity contribution in [2.75, 3.05) is 0 Å². The van der Waals surface area contributed by atoms with Crippen LogP contribution in [0.2, 0.25) is 5.02 Å². The van der Waals surface area contributed by atoms with E-state index in [0.29, 0.717) is 18.1 Å². The molecule has 0 saturated carbocycles. The maximum atomic E-state index is 10.5. The molecule has 2 aromatic rings. The summed E-state index contributed by atoms with van der Waals surface area (Å²) in [6, 6.07) is 15.0. The Morgan fingerprint density at radius 2 is 1.80 bits per heavy atom. The summed E-state index contributed by atoms with van der Waals surface area (Å²) in [5, 5.41) is 9.31. The van der Waals surface area contributed by atoms with Gasteiger partial charge in [-0.05, 0) is 30.2 Å². The molecule has 0 aliphatic heterocycles. The predicted molar refractivity (Wildman–Crippen MR) is 78.2 cm³/mol. The summed E-state index contributed by atoms with van der Waals surface area (Å²) in [4.78, 5) is 10.5. The van der Waals surface area contributed by atoms with Gasteiger partial charge >= 0.3 is 5.97 Å². The van der Waals surface area contributed by atoms with Gasteiger partial charge in [0, 0.05) is 17.0 Å². The van der Waals surface area contributed by atoms with Gasteiger partial charge in [-0.25, -0.2) is 0 Å². The molecule has 0 radical (unpaired) electrons. The maximum Gasteiger partial charge on any atom is 0.303 e. The molecule has 0 aliphatic rings. The van der Waals surface area contributed by atoms with Gasteiger partial charge in [-0.1, -0.05) is 41.9 Å². The first kappa shape index (κ1) is 14.4. The van der Waals surface area contributed by atoms with Crippen LogP contribution in [-0.4, -0.2) is 11.1 Å². The highest BCUT2D eigenvalue weighted by molar-refractivity contribution is 6.31. The first-order valence-electron chi connectivity index (χ1n) is 6.32. The number of ether oxygens (including phenoxy) is 1. The monoisotopic (exact) mass is 290 g/mol. The van der Waals surface area contributed by atoms with Crippen LogP contribution in [0.3, 0.4) is 0 Å². The average Bonchev–Trinajstić information content (AvgIpc) is 2.45. The number of carbonyl (C=O) groups is 1. The fraction of sp³-hybridized carbons (Fsp3) is 0.188. The first-order chi connectivity index (χ1) is 9.65. The molecule has 0 unspecified atom stereocenters. The van der Waals surface area contributed by atoms with E-state index in [4.69, 9.17) is 21.4 Å². The molecule has 0 atom stereocenters. The van der Waals surface area contributed by atoms with Crippen molar-refractivity contribution in [3.05, 3.63) is 64.7 Å². The fourth-order valence-electron chi connectivity index (χ4n) is 1.78. The molecule has 104 valence electrons. The molecule has 0 aliphatic carbocycles. The number of benzene rings is 2. The molecule has 3 nitrogen and oxygen atoms in total. The van der Waals surface area contributed by atoms with Gasteiger partial charge in [0.05, 0.1) is 0 Å². The lowest BCUT2D eigenvalue weighted by molar-refractivity contribution is -0.136. The number of halogens is 1. The molecule has 2 rings (SSSR count). The summed E-state index contributed by atoms with van der Waals surface area (Å²) in [5.74, 6) is -0.0481. The Kier molecular flexibility index (Phi) is 5.02. The van der Waals surface area contributed by atoms with Crippen molar-refractivity contribution in [1.29, 1.82) is 0 Å². The Balaban J connectivity index is 1.91. The molecule has 20 heavy (non-hydrogen) atoms. The maximum absolute atomic E-state index is 10.5. The van der Waals surface area contributed by atoms with Crippen LogP contribution in [0, 0.1) is 0 Å². The molecule has 0 spiro atoms. The molecule has 0 amide bonds. The van der Waals surface area contributed by atoms with Gasteiger partial charge in [-0.15, -0.1) is 0 Å². The number of rotatable bonds is 6. The van der Waals surface area contributed by atoms with Crippen molar-refractivity contribution >= 4 is 17.6 Å². The van der Waals surface area contributed by atoms with Crippen LogP contribution in [0.25, 0.3) is 0 Å². The highest BCUT2D eigenvalue weighted by Gasteiger charge is 2.02. The van der Waals surface area contributed by atoms with E-state index in [1.807, 2.05) is 48.5 Å². The van der Waals surface area contributed by atoms with E-state index < -0.39 is 5.97 Å². The van der Waals surface area contributed by atoms with E-state index in [1.54, 1.807) is 0 Å². The zero-order chi connectivity index (χ0) is 14.4. The number of hydrogen-bond donors (Lipinski definition) is 1. The summed E-state index contributed by atoms with van der Waals surface area (Å²) in [6.07, 6.45) is 0.667. The van der Waals surface area contributed by atoms with Crippen LogP contribution in [-0.2, 0) is 17.8 Å². The highest BCUT2D eigenvalue weighted by atomic mass is 35.5. The lowest BCUT2D eigenvalue weighted by atomic mass is 10.1. The normalized spacial score (nSPS) is 10.2. The summed E-state index contributed by atoms with van der Waals surface area (Å²) >= 11 is 6.05. The second-order valence-corrected chi connectivity index (χ2v) is 4.82. The van der Waals surface area contributed by atoms with Crippen LogP contribution in [0.5, 0.6) is 5.75 Å². The van der Waals surface area contributed by atoms with Crippen LogP contribution < -0.4 is 4.74 Å². The zero-order valence-corrected chi connectivity index (χ0v) is 11.6. The van der Waals surface area contributed by atoms with Crippen molar-refractivity contribution in [2.24, 2.45) is 0 Å². The molecule has 2 aromatic carbocycles. The van der Waals surface area contributed by atoms with E-state index in [2.05, 4.69) is 0 Å². The zero-order valence-electron chi connectivity index (χ0n) is 10.9. The molecule has 0 saturated heterocycles. The van der Waals surface area contributed by atoms with Crippen LogP contribution in [0.4, 0.5) is 0 Å². The Morgan fingerprint density at radius 1 is 1.10 bits per heavy atom. The van der Waals surface area contributed by atoms with Crippen LogP contribution in [0.1, 0.15) is 17.5 Å². The quantitative estimate of drug-likeness (QED) is 0.876. The minimum Gasteiger partial charge on any atom is -0.489 e. The van der Waals surface area contributed by atoms with Gasteiger partial charge in [0.1, 0.15) is 12.4 Å². The second kappa shape index (κ2) is 6.96. The number of aryl methyl sites for hydroxylation is 1. The van der Waals surface area contributed by atoms with Crippen LogP contribution in [0.15, 0.2) is 48.5 Å². The average molecular weight is 291 g/mol. The molecule has 4 heteroatoms. The topological polar surface area (TPSA) is 46.5 Å². The van der Waals surface area contributed by atoms with Gasteiger partial charge in [0.2, 0.25) is 0 Å². The van der Waals surface area contributed by atoms with Crippen molar-refractivity contribution < 1.29 is 14.6 Å². The molecule has 1 N–H and O–H groups in total. The number of carboxylic acid groups (broad SMARTS) is 1. The molecule has 0 heterocycles. The standard InChI is InChI=1S/C16H15ClO3/c17-15-4-2-1-3-13(15)11-20-14-8-5-12(6-9-14)7-10-16(18)19/h1-6,8-9H,7,10-11H2,(H,18,19). The minimum absolute atomic E-state index is 0.139. The lowest BCUT2D eigenvalue weighted by Crippen LogP contribution is -1.98. The number of carboxylic acids is 1. The van der Waals surface area contributed by atoms with E-state index >= 15 is 0 Å². The predicted octanol–water partition coefficient (Wildman–Crippen LogP) is 3.94. The Hall–Kier alpha value is -2.00. The van der Waals surface area contributed by atoms with E-state index in [9.17, 15) is 4.79 Å². The lowest BCUT2D eigenvalue weighted by Gasteiger charge is -2.08. The van der Waals surface area contributed by atoms with Crippen molar-refractivity contribution in [3.8, 4) is 5.75 Å². The number of hydrogen-bond acceptors (Lipinski definition) is 2. The summed E-state index contributed by atoms with van der Waals surface area (Å²) < 4.78 is 5.65. The summed E-state index contributed by atoms with van der Waals surface area (Å²) in [6.45, 7) is 0.411. The van der Waals surface area contributed by atoms with Crippen molar-refractivity contribution in [1.82, 2.24) is 0 Å². The third-order valence-corrected chi connectivity index (χ3v) is 3.27. The Morgan fingerprint density at radius 3 is 2.45 bits per heavy atom. The third-order valence-electron chi connectivity index (χ3n) is 2.90. The van der Waals surface area contributed by atoms with Gasteiger partial charge in [-0.2, -0.15) is 0 Å². The van der Waals surface area contributed by atoms with Gasteiger partial charge in [-0.3, -0.25) is 4.79 Å². The third kappa shape index (κ3) is 4.28.